The summed E-state index contributed by atoms with van der Waals surface area (Å²) in [4.78, 5) is 41.9. The summed E-state index contributed by atoms with van der Waals surface area (Å²) in [5.41, 5.74) is 1.78. The van der Waals surface area contributed by atoms with Crippen LogP contribution in [0.4, 0.5) is 4.79 Å². The van der Waals surface area contributed by atoms with E-state index in [1.54, 1.807) is 24.5 Å². The second-order valence-corrected chi connectivity index (χ2v) is 6.40. The highest BCUT2D eigenvalue weighted by Gasteiger charge is 2.39. The van der Waals surface area contributed by atoms with E-state index >= 15 is 0 Å². The van der Waals surface area contributed by atoms with Gasteiger partial charge in [-0.25, -0.2) is 4.79 Å². The van der Waals surface area contributed by atoms with Gasteiger partial charge in [-0.1, -0.05) is 18.2 Å². The van der Waals surface area contributed by atoms with Crippen LogP contribution in [0.25, 0.3) is 0 Å². The number of pyridine rings is 1. The normalized spacial score (nSPS) is 16.0. The molecule has 3 rings (SSSR count). The predicted octanol–water partition coefficient (Wildman–Crippen LogP) is 1.26. The van der Waals surface area contributed by atoms with E-state index in [2.05, 4.69) is 15.6 Å². The Hall–Kier alpha value is -3.42. The molecule has 146 valence electrons. The second-order valence-electron chi connectivity index (χ2n) is 6.40. The molecule has 2 N–H and O–H groups in total. The van der Waals surface area contributed by atoms with Gasteiger partial charge in [0.15, 0.2) is 0 Å². The van der Waals surface area contributed by atoms with Crippen molar-refractivity contribution in [2.24, 2.45) is 0 Å². The third-order valence-electron chi connectivity index (χ3n) is 4.50. The SMILES string of the molecule is COc1ccccc1CN1C(=O)N[C@@H](CC(=O)NCCc2ccncc2)C1=O. The van der Waals surface area contributed by atoms with Gasteiger partial charge in [-0.05, 0) is 30.2 Å². The predicted molar refractivity (Wildman–Crippen MR) is 101 cm³/mol. The van der Waals surface area contributed by atoms with Gasteiger partial charge in [0.2, 0.25) is 5.91 Å². The molecule has 4 amide bonds. The van der Waals surface area contributed by atoms with E-state index in [0.717, 1.165) is 16.0 Å². The summed E-state index contributed by atoms with van der Waals surface area (Å²) in [5.74, 6) is -0.104. The first-order valence-electron chi connectivity index (χ1n) is 8.98. The minimum Gasteiger partial charge on any atom is -0.496 e. The smallest absolute Gasteiger partial charge is 0.325 e. The number of rotatable bonds is 8. The number of nitrogens with zero attached hydrogens (tertiary/aromatic N) is 2. The van der Waals surface area contributed by atoms with E-state index < -0.39 is 18.0 Å². The molecule has 1 fully saturated rings. The standard InChI is InChI=1S/C20H22N4O4/c1-28-17-5-3-2-4-15(17)13-24-19(26)16(23-20(24)27)12-18(25)22-11-8-14-6-9-21-10-7-14/h2-7,9-10,16H,8,11-13H2,1H3,(H,22,25)(H,23,27)/t16-/m0/s1. The lowest BCUT2D eigenvalue weighted by molar-refractivity contribution is -0.131. The maximum Gasteiger partial charge on any atom is 0.325 e. The first-order chi connectivity index (χ1) is 13.6. The summed E-state index contributed by atoms with van der Waals surface area (Å²) in [6.45, 7) is 0.539. The van der Waals surface area contributed by atoms with Crippen LogP contribution in [0.3, 0.4) is 0 Å². The number of urea groups is 1. The lowest BCUT2D eigenvalue weighted by Gasteiger charge is -2.15. The van der Waals surface area contributed by atoms with Crippen molar-refractivity contribution in [2.75, 3.05) is 13.7 Å². The Labute approximate surface area is 162 Å². The Kier molecular flexibility index (Phi) is 6.21. The van der Waals surface area contributed by atoms with Crippen molar-refractivity contribution < 1.29 is 19.1 Å². The highest BCUT2D eigenvalue weighted by atomic mass is 16.5. The summed E-state index contributed by atoms with van der Waals surface area (Å²) in [6, 6.07) is 9.57. The van der Waals surface area contributed by atoms with Crippen molar-refractivity contribution in [2.45, 2.75) is 25.4 Å². The number of aromatic nitrogens is 1. The largest absolute Gasteiger partial charge is 0.496 e. The van der Waals surface area contributed by atoms with Crippen LogP contribution in [0.1, 0.15) is 17.5 Å². The molecule has 1 aromatic carbocycles. The molecule has 1 aliphatic heterocycles. The van der Waals surface area contributed by atoms with E-state index in [-0.39, 0.29) is 18.9 Å². The van der Waals surface area contributed by atoms with Gasteiger partial charge in [0.25, 0.3) is 5.91 Å². The average molecular weight is 382 g/mol. The van der Waals surface area contributed by atoms with Crippen molar-refractivity contribution in [3.05, 3.63) is 59.9 Å². The number of carbonyl (C=O) groups excluding carboxylic acids is 3. The van der Waals surface area contributed by atoms with Crippen LogP contribution >= 0.6 is 0 Å². The molecule has 1 aliphatic rings. The van der Waals surface area contributed by atoms with E-state index in [9.17, 15) is 14.4 Å². The number of hydrogen-bond donors (Lipinski definition) is 2. The Morgan fingerprint density at radius 2 is 1.96 bits per heavy atom. The van der Waals surface area contributed by atoms with Crippen molar-refractivity contribution in [3.8, 4) is 5.75 Å². The molecule has 8 nitrogen and oxygen atoms in total. The fourth-order valence-electron chi connectivity index (χ4n) is 3.02. The number of hydrogen-bond acceptors (Lipinski definition) is 5. The Morgan fingerprint density at radius 3 is 2.71 bits per heavy atom. The van der Waals surface area contributed by atoms with Gasteiger partial charge in [-0.2, -0.15) is 0 Å². The molecule has 8 heteroatoms. The number of para-hydroxylation sites is 1. The van der Waals surface area contributed by atoms with E-state index in [0.29, 0.717) is 18.7 Å². The zero-order valence-electron chi connectivity index (χ0n) is 15.6. The maximum atomic E-state index is 12.6. The molecule has 0 saturated carbocycles. The van der Waals surface area contributed by atoms with Crippen LogP contribution in [0.2, 0.25) is 0 Å². The molecule has 1 aromatic heterocycles. The third-order valence-corrected chi connectivity index (χ3v) is 4.50. The van der Waals surface area contributed by atoms with Crippen LogP contribution in [-0.2, 0) is 22.6 Å². The summed E-state index contributed by atoms with van der Waals surface area (Å²) in [5, 5.41) is 5.35. The molecule has 0 spiro atoms. The molecule has 1 atom stereocenters. The topological polar surface area (TPSA) is 101 Å². The maximum absolute atomic E-state index is 12.6. The van der Waals surface area contributed by atoms with Gasteiger partial charge >= 0.3 is 6.03 Å². The van der Waals surface area contributed by atoms with Crippen molar-refractivity contribution in [1.29, 1.82) is 0 Å². The Bertz CT molecular complexity index is 856. The fourth-order valence-corrected chi connectivity index (χ4v) is 3.02. The minimum atomic E-state index is -0.858. The van der Waals surface area contributed by atoms with Gasteiger partial charge in [0, 0.05) is 24.5 Å². The van der Waals surface area contributed by atoms with Crippen LogP contribution < -0.4 is 15.4 Å². The summed E-state index contributed by atoms with van der Waals surface area (Å²) in [6.07, 6.45) is 3.96. The molecule has 1 saturated heterocycles. The highest BCUT2D eigenvalue weighted by molar-refractivity contribution is 6.05. The van der Waals surface area contributed by atoms with E-state index in [1.165, 1.54) is 7.11 Å². The number of benzene rings is 1. The van der Waals surface area contributed by atoms with Gasteiger partial charge in [-0.3, -0.25) is 19.5 Å². The number of methoxy groups -OCH3 is 1. The fraction of sp³-hybridized carbons (Fsp3) is 0.300. The average Bonchev–Trinajstić information content (AvgIpc) is 2.96. The molecular formula is C20H22N4O4. The van der Waals surface area contributed by atoms with Crippen molar-refractivity contribution >= 4 is 17.8 Å². The number of imide groups is 1. The highest BCUT2D eigenvalue weighted by Crippen LogP contribution is 2.21. The lowest BCUT2D eigenvalue weighted by atomic mass is 10.1. The van der Waals surface area contributed by atoms with E-state index in [4.69, 9.17) is 4.74 Å². The van der Waals surface area contributed by atoms with Crippen LogP contribution in [0.15, 0.2) is 48.8 Å². The Balaban J connectivity index is 1.52. The molecule has 0 unspecified atom stereocenters. The zero-order valence-corrected chi connectivity index (χ0v) is 15.6. The van der Waals surface area contributed by atoms with Gasteiger partial charge in [-0.15, -0.1) is 0 Å². The number of ether oxygens (including phenoxy) is 1. The Morgan fingerprint density at radius 1 is 1.21 bits per heavy atom. The lowest BCUT2D eigenvalue weighted by Crippen LogP contribution is -2.37. The summed E-state index contributed by atoms with van der Waals surface area (Å²) in [7, 11) is 1.53. The molecule has 28 heavy (non-hydrogen) atoms. The minimum absolute atomic E-state index is 0.0921. The molecule has 0 aliphatic carbocycles. The molecule has 0 bridgehead atoms. The third kappa shape index (κ3) is 4.64. The molecule has 2 aromatic rings. The van der Waals surface area contributed by atoms with Gasteiger partial charge < -0.3 is 15.4 Å². The summed E-state index contributed by atoms with van der Waals surface area (Å²) >= 11 is 0. The monoisotopic (exact) mass is 382 g/mol. The van der Waals surface area contributed by atoms with Crippen molar-refractivity contribution in [1.82, 2.24) is 20.5 Å². The quantitative estimate of drug-likeness (QED) is 0.670. The number of nitrogens with one attached hydrogen (secondary N) is 2. The first-order valence-corrected chi connectivity index (χ1v) is 8.98. The van der Waals surface area contributed by atoms with Crippen LogP contribution in [0, 0.1) is 0 Å². The first kappa shape index (κ1) is 19.3. The van der Waals surface area contributed by atoms with E-state index in [1.807, 2.05) is 24.3 Å². The van der Waals surface area contributed by atoms with Crippen LogP contribution in [0.5, 0.6) is 5.75 Å². The van der Waals surface area contributed by atoms with Crippen LogP contribution in [-0.4, -0.2) is 47.4 Å². The molecular weight excluding hydrogens is 360 g/mol. The second kappa shape index (κ2) is 8.98. The van der Waals surface area contributed by atoms with Gasteiger partial charge in [0.05, 0.1) is 20.1 Å². The molecule has 2 heterocycles. The van der Waals surface area contributed by atoms with Crippen molar-refractivity contribution in [3.63, 3.8) is 0 Å². The summed E-state index contributed by atoms with van der Waals surface area (Å²) < 4.78 is 5.26. The number of amides is 4. The van der Waals surface area contributed by atoms with Gasteiger partial charge in [0.1, 0.15) is 11.8 Å². The number of carbonyl (C=O) groups is 3. The molecule has 0 radical (unpaired) electrons. The zero-order chi connectivity index (χ0) is 19.9.